The number of nitrogens with zero attached hydrogens (tertiary/aromatic N) is 1. The number of aliphatic imine (C=N–C) groups is 1. The summed E-state index contributed by atoms with van der Waals surface area (Å²) >= 11 is 0. The largest absolute Gasteiger partial charge is 0.862 e. The van der Waals surface area contributed by atoms with Crippen molar-refractivity contribution in [3.63, 3.8) is 0 Å². The molecule has 33 heavy (non-hydrogen) atoms. The zero-order valence-corrected chi connectivity index (χ0v) is 21.1. The van der Waals surface area contributed by atoms with E-state index in [0.29, 0.717) is 24.5 Å². The topological polar surface area (TPSA) is 128 Å². The van der Waals surface area contributed by atoms with Crippen LogP contribution in [0.1, 0.15) is 18.9 Å². The van der Waals surface area contributed by atoms with Crippen LogP contribution in [0.5, 0.6) is 5.75 Å². The molecule has 2 rings (SSSR count). The highest BCUT2D eigenvalue weighted by atomic mass is 32.2. The molecule has 0 saturated heterocycles. The van der Waals surface area contributed by atoms with Gasteiger partial charge in [-0.1, -0.05) is 17.7 Å². The number of benzene rings is 2. The number of rotatable bonds is 11. The molecule has 0 aliphatic heterocycles. The molecule has 2 aromatic rings. The molecule has 2 aromatic carbocycles. The summed E-state index contributed by atoms with van der Waals surface area (Å²) in [5, 5.41) is 21.3. The summed E-state index contributed by atoms with van der Waals surface area (Å²) in [6.07, 6.45) is 4.05. The molecule has 0 aliphatic carbocycles. The van der Waals surface area contributed by atoms with E-state index in [-0.39, 0.29) is 34.9 Å². The molecule has 0 spiro atoms. The number of hydrogen-bond donors (Lipinski definition) is 2. The highest BCUT2D eigenvalue weighted by molar-refractivity contribution is 7.95. The molecule has 8 nitrogen and oxygen atoms in total. The van der Waals surface area contributed by atoms with Crippen LogP contribution in [0.2, 0.25) is 0 Å². The normalized spacial score (nSPS) is 12.8. The van der Waals surface area contributed by atoms with Gasteiger partial charge in [-0.05, 0) is 67.0 Å². The van der Waals surface area contributed by atoms with Gasteiger partial charge in [-0.15, -0.1) is 0 Å². The zero-order chi connectivity index (χ0) is 24.9. The molecular weight excluding hydrogens is 466 g/mol. The van der Waals surface area contributed by atoms with Gasteiger partial charge in [0, 0.05) is 13.0 Å². The fraction of sp³-hybridized carbons (Fsp3) is 0.435. The van der Waals surface area contributed by atoms with E-state index in [2.05, 4.69) is 17.5 Å². The molecule has 0 aliphatic rings. The summed E-state index contributed by atoms with van der Waals surface area (Å²) in [7, 11) is -3.76. The second kappa shape index (κ2) is 14.9. The summed E-state index contributed by atoms with van der Waals surface area (Å²) in [6, 6.07) is 12.9. The Kier molecular flexibility index (Phi) is 13.1. The molecule has 0 radical (unpaired) electrons. The van der Waals surface area contributed by atoms with E-state index in [1.54, 1.807) is 36.4 Å². The summed E-state index contributed by atoms with van der Waals surface area (Å²) in [5.41, 5.74) is 1.58. The number of aryl methyl sites for hydroxylation is 1. The van der Waals surface area contributed by atoms with Crippen LogP contribution in [0.4, 0.5) is 5.69 Å². The van der Waals surface area contributed by atoms with Crippen LogP contribution in [0, 0.1) is 6.92 Å². The first kappa shape index (κ1) is 28.9. The monoisotopic (exact) mass is 499 g/mol. The first-order valence-electron chi connectivity index (χ1n) is 10.3. The molecule has 0 heterocycles. The fourth-order valence-corrected chi connectivity index (χ4v) is 3.38. The molecule has 0 amide bonds. The predicted molar refractivity (Wildman–Crippen MR) is 131 cm³/mol. The molecule has 0 bridgehead atoms. The van der Waals surface area contributed by atoms with Crippen molar-refractivity contribution in [3.8, 4) is 5.75 Å². The van der Waals surface area contributed by atoms with Crippen LogP contribution in [-0.4, -0.2) is 68.2 Å². The Hall–Kier alpha value is -2.11. The zero-order valence-electron chi connectivity index (χ0n) is 19.4. The minimum absolute atomic E-state index is 0.0666. The second-order valence-corrected chi connectivity index (χ2v) is 11.2. The van der Waals surface area contributed by atoms with Gasteiger partial charge < -0.3 is 19.7 Å². The van der Waals surface area contributed by atoms with Gasteiger partial charge in [-0.3, -0.25) is 9.55 Å². The minimum atomic E-state index is -4.02. The molecule has 2 N–H and O–H groups in total. The van der Waals surface area contributed by atoms with E-state index >= 15 is 0 Å². The van der Waals surface area contributed by atoms with E-state index < -0.39 is 16.2 Å². The number of aliphatic hydroxyl groups excluding tert-OH is 1. The van der Waals surface area contributed by atoms with Crippen LogP contribution in [0.15, 0.2) is 58.4 Å². The Bertz CT molecular complexity index is 944. The van der Waals surface area contributed by atoms with Crippen molar-refractivity contribution in [2.75, 3.05) is 38.1 Å². The van der Waals surface area contributed by atoms with E-state index in [1.807, 2.05) is 13.8 Å². The summed E-state index contributed by atoms with van der Waals surface area (Å²) < 4.78 is 40.1. The smallest absolute Gasteiger partial charge is 0.294 e. The average molecular weight is 500 g/mol. The third-order valence-corrected chi connectivity index (χ3v) is 5.98. The molecular formula is C23H33NO7S2. The summed E-state index contributed by atoms with van der Waals surface area (Å²) in [4.78, 5) is 3.98. The van der Waals surface area contributed by atoms with Crippen molar-refractivity contribution in [1.29, 1.82) is 0 Å². The lowest BCUT2D eigenvalue weighted by Crippen LogP contribution is -2.23. The Balaban J connectivity index is 0.000000412. The van der Waals surface area contributed by atoms with Crippen LogP contribution in [-0.2, 0) is 25.7 Å². The van der Waals surface area contributed by atoms with E-state index in [4.69, 9.17) is 14.0 Å². The maximum Gasteiger partial charge on any atom is 0.294 e. The Morgan fingerprint density at radius 3 is 2.21 bits per heavy atom. The van der Waals surface area contributed by atoms with Gasteiger partial charge in [-0.2, -0.15) is 8.42 Å². The first-order valence-corrected chi connectivity index (χ1v) is 14.0. The maximum absolute atomic E-state index is 11.7. The lowest BCUT2D eigenvalue weighted by Gasteiger charge is -2.12. The first-order chi connectivity index (χ1) is 15.5. The second-order valence-electron chi connectivity index (χ2n) is 7.35. The van der Waals surface area contributed by atoms with Crippen molar-refractivity contribution in [1.82, 2.24) is 0 Å². The Morgan fingerprint density at radius 1 is 1.09 bits per heavy atom. The highest BCUT2D eigenvalue weighted by Gasteiger charge is 2.07. The summed E-state index contributed by atoms with van der Waals surface area (Å²) in [6.45, 7) is 4.71. The van der Waals surface area contributed by atoms with Crippen LogP contribution in [0.25, 0.3) is 0 Å². The van der Waals surface area contributed by atoms with Gasteiger partial charge >= 0.3 is 0 Å². The lowest BCUT2D eigenvalue weighted by molar-refractivity contribution is -0.217. The van der Waals surface area contributed by atoms with Crippen molar-refractivity contribution in [3.05, 3.63) is 54.1 Å². The number of aliphatic hydroxyl groups is 1. The third-order valence-electron chi connectivity index (χ3n) is 4.09. The third kappa shape index (κ3) is 13.2. The Labute approximate surface area is 199 Å². The molecule has 0 aromatic heterocycles. The van der Waals surface area contributed by atoms with Crippen LogP contribution < -0.4 is 9.84 Å². The van der Waals surface area contributed by atoms with Gasteiger partial charge in [0.1, 0.15) is 24.2 Å². The van der Waals surface area contributed by atoms with E-state index in [9.17, 15) is 18.6 Å². The van der Waals surface area contributed by atoms with Gasteiger partial charge in [0.2, 0.25) is 0 Å². The predicted octanol–water partition coefficient (Wildman–Crippen LogP) is 2.36. The van der Waals surface area contributed by atoms with Gasteiger partial charge in [0.25, 0.3) is 10.1 Å². The quantitative estimate of drug-likeness (QED) is 0.210. The van der Waals surface area contributed by atoms with E-state index in [0.717, 1.165) is 11.3 Å². The molecule has 0 fully saturated rings. The van der Waals surface area contributed by atoms with Crippen molar-refractivity contribution in [2.45, 2.75) is 31.3 Å². The lowest BCUT2D eigenvalue weighted by atomic mass is 10.2. The fourth-order valence-electron chi connectivity index (χ4n) is 2.31. The van der Waals surface area contributed by atoms with E-state index in [1.165, 1.54) is 12.1 Å². The van der Waals surface area contributed by atoms with Crippen LogP contribution in [0.3, 0.4) is 0 Å². The van der Waals surface area contributed by atoms with Crippen molar-refractivity contribution >= 4 is 32.6 Å². The van der Waals surface area contributed by atoms with Gasteiger partial charge in [-0.25, -0.2) is 0 Å². The molecule has 1 unspecified atom stereocenters. The molecule has 0 saturated carbocycles. The molecule has 1 atom stereocenters. The molecule has 10 heteroatoms. The molecule has 184 valence electrons. The Morgan fingerprint density at radius 2 is 1.70 bits per heavy atom. The average Bonchev–Trinajstić information content (AvgIpc) is 2.76. The van der Waals surface area contributed by atoms with Gasteiger partial charge in [0.05, 0.1) is 29.7 Å². The SMILES string of the molecule is CCOCC(O)COc1ccc(N=C([O-])CC[S+](C)C)cc1.Cc1ccc(S(=O)(=O)O)cc1. The van der Waals surface area contributed by atoms with Crippen LogP contribution >= 0.6 is 0 Å². The number of ether oxygens (including phenoxy) is 2. The highest BCUT2D eigenvalue weighted by Crippen LogP contribution is 2.18. The summed E-state index contributed by atoms with van der Waals surface area (Å²) in [5.74, 6) is 1.41. The van der Waals surface area contributed by atoms with Crippen molar-refractivity contribution < 1.29 is 32.7 Å². The van der Waals surface area contributed by atoms with Gasteiger partial charge in [0.15, 0.2) is 0 Å². The van der Waals surface area contributed by atoms with Crippen molar-refractivity contribution in [2.24, 2.45) is 4.99 Å². The number of hydrogen-bond acceptors (Lipinski definition) is 7. The standard InChI is InChI=1S/C16H25NO4S.C7H8O3S/c1-4-20-11-14(18)12-21-15-7-5-13(6-8-15)17-16(19)9-10-22(2)3;1-6-2-4-7(5-3-6)11(8,9)10/h5-8,14,18H,4,9-12H2,1-3H3;2-5H,1H3,(H,8,9,10). The maximum atomic E-state index is 11.7. The minimum Gasteiger partial charge on any atom is -0.862 e.